The number of para-hydroxylation sites is 1. The van der Waals surface area contributed by atoms with Crippen molar-refractivity contribution < 1.29 is 9.53 Å². The van der Waals surface area contributed by atoms with E-state index in [1.165, 1.54) is 0 Å². The van der Waals surface area contributed by atoms with Crippen LogP contribution in [0.4, 0.5) is 0 Å². The summed E-state index contributed by atoms with van der Waals surface area (Å²) in [6.07, 6.45) is 1.32. The molecule has 0 radical (unpaired) electrons. The normalized spacial score (nSPS) is 12.8. The molecule has 0 saturated heterocycles. The molecule has 4 nitrogen and oxygen atoms in total. The van der Waals surface area contributed by atoms with Crippen LogP contribution >= 0.6 is 0 Å². The van der Waals surface area contributed by atoms with Gasteiger partial charge in [-0.05, 0) is 37.8 Å². The Labute approximate surface area is 121 Å². The van der Waals surface area contributed by atoms with Gasteiger partial charge in [-0.2, -0.15) is 0 Å². The number of carbonyl (C=O) groups excluding carboxylic acids is 1. The average Bonchev–Trinajstić information content (AvgIpc) is 2.36. The van der Waals surface area contributed by atoms with Gasteiger partial charge in [-0.25, -0.2) is 0 Å². The molecule has 0 saturated carbocycles. The second-order valence-electron chi connectivity index (χ2n) is 6.09. The number of amides is 1. The maximum Gasteiger partial charge on any atom is 0.220 e. The number of nitrogens with one attached hydrogen (secondary N) is 1. The first kappa shape index (κ1) is 16.5. The molecular weight excluding hydrogens is 252 g/mol. The van der Waals surface area contributed by atoms with Crippen molar-refractivity contribution in [2.24, 2.45) is 11.7 Å². The molecule has 0 aromatic heterocycles. The molecule has 1 aromatic carbocycles. The van der Waals surface area contributed by atoms with Crippen molar-refractivity contribution >= 4 is 5.91 Å². The van der Waals surface area contributed by atoms with Gasteiger partial charge in [-0.1, -0.05) is 25.1 Å². The summed E-state index contributed by atoms with van der Waals surface area (Å²) in [4.78, 5) is 11.8. The molecule has 4 heteroatoms. The zero-order valence-electron chi connectivity index (χ0n) is 12.9. The Bertz CT molecular complexity index is 438. The predicted octanol–water partition coefficient (Wildman–Crippen LogP) is 2.12. The number of hydrogen-bond acceptors (Lipinski definition) is 3. The molecule has 112 valence electrons. The van der Waals surface area contributed by atoms with Gasteiger partial charge < -0.3 is 15.8 Å². The summed E-state index contributed by atoms with van der Waals surface area (Å²) in [6, 6.07) is 7.92. The number of hydrogen-bond donors (Lipinski definition) is 2. The summed E-state index contributed by atoms with van der Waals surface area (Å²) in [5.41, 5.74) is 6.61. The average molecular weight is 278 g/mol. The maximum atomic E-state index is 11.8. The molecule has 1 amide bonds. The van der Waals surface area contributed by atoms with E-state index >= 15 is 0 Å². The molecule has 20 heavy (non-hydrogen) atoms. The zero-order chi connectivity index (χ0) is 15.2. The van der Waals surface area contributed by atoms with E-state index in [0.717, 1.165) is 17.7 Å². The van der Waals surface area contributed by atoms with E-state index in [9.17, 15) is 4.79 Å². The molecule has 0 fully saturated rings. The van der Waals surface area contributed by atoms with Crippen LogP contribution in [0.15, 0.2) is 24.3 Å². The second-order valence-corrected chi connectivity index (χ2v) is 6.09. The molecule has 1 atom stereocenters. The summed E-state index contributed by atoms with van der Waals surface area (Å²) in [5, 5.41) is 2.87. The fraction of sp³-hybridized carbons (Fsp3) is 0.562. The van der Waals surface area contributed by atoms with Gasteiger partial charge >= 0.3 is 0 Å². The lowest BCUT2D eigenvalue weighted by Gasteiger charge is -2.20. The highest BCUT2D eigenvalue weighted by molar-refractivity contribution is 5.76. The smallest absolute Gasteiger partial charge is 0.220 e. The highest BCUT2D eigenvalue weighted by atomic mass is 16.5. The molecule has 0 aliphatic rings. The molecule has 0 heterocycles. The van der Waals surface area contributed by atoms with Crippen LogP contribution in [0.2, 0.25) is 0 Å². The molecule has 0 aliphatic heterocycles. The summed E-state index contributed by atoms with van der Waals surface area (Å²) in [7, 11) is 1.67. The van der Waals surface area contributed by atoms with E-state index in [-0.39, 0.29) is 17.4 Å². The van der Waals surface area contributed by atoms with Crippen LogP contribution in [0.3, 0.4) is 0 Å². The topological polar surface area (TPSA) is 64.3 Å². The Hall–Kier alpha value is -1.55. The highest BCUT2D eigenvalue weighted by Gasteiger charge is 2.15. The molecule has 0 aliphatic carbocycles. The number of methoxy groups -OCH3 is 1. The fourth-order valence-electron chi connectivity index (χ4n) is 2.03. The van der Waals surface area contributed by atoms with Crippen molar-refractivity contribution in [2.45, 2.75) is 39.2 Å². The molecule has 1 unspecified atom stereocenters. The Morgan fingerprint density at radius 1 is 1.40 bits per heavy atom. The van der Waals surface area contributed by atoms with Gasteiger partial charge in [-0.15, -0.1) is 0 Å². The van der Waals surface area contributed by atoms with Crippen LogP contribution in [0, 0.1) is 5.92 Å². The van der Waals surface area contributed by atoms with Crippen molar-refractivity contribution in [3.63, 3.8) is 0 Å². The number of rotatable bonds is 7. The van der Waals surface area contributed by atoms with Crippen LogP contribution < -0.4 is 15.8 Å². The summed E-state index contributed by atoms with van der Waals surface area (Å²) < 4.78 is 5.33. The Kier molecular flexibility index (Phi) is 6.02. The van der Waals surface area contributed by atoms with E-state index in [0.29, 0.717) is 13.0 Å². The first-order valence-electron chi connectivity index (χ1n) is 6.99. The zero-order valence-corrected chi connectivity index (χ0v) is 12.9. The van der Waals surface area contributed by atoms with Gasteiger partial charge in [0.05, 0.1) is 7.11 Å². The van der Waals surface area contributed by atoms with Crippen LogP contribution in [0.1, 0.15) is 32.8 Å². The lowest BCUT2D eigenvalue weighted by molar-refractivity contribution is -0.122. The van der Waals surface area contributed by atoms with Crippen molar-refractivity contribution in [1.82, 2.24) is 5.32 Å². The van der Waals surface area contributed by atoms with E-state index < -0.39 is 0 Å². The summed E-state index contributed by atoms with van der Waals surface area (Å²) in [6.45, 7) is 6.35. The standard InChI is InChI=1S/C16H26N2O2/c1-12(10-15(19)18-11-16(2,3)17)9-13-7-5-6-8-14(13)20-4/h5-8,12H,9-11,17H2,1-4H3,(H,18,19). The second kappa shape index (κ2) is 7.29. The largest absolute Gasteiger partial charge is 0.496 e. The highest BCUT2D eigenvalue weighted by Crippen LogP contribution is 2.22. The van der Waals surface area contributed by atoms with Gasteiger partial charge in [0.15, 0.2) is 0 Å². The first-order chi connectivity index (χ1) is 9.31. The monoisotopic (exact) mass is 278 g/mol. The van der Waals surface area contributed by atoms with Gasteiger partial charge in [0.1, 0.15) is 5.75 Å². The Morgan fingerprint density at radius 3 is 2.65 bits per heavy atom. The van der Waals surface area contributed by atoms with E-state index in [4.69, 9.17) is 10.5 Å². The van der Waals surface area contributed by atoms with Gasteiger partial charge in [0.2, 0.25) is 5.91 Å². The van der Waals surface area contributed by atoms with Gasteiger partial charge in [0.25, 0.3) is 0 Å². The third-order valence-electron chi connectivity index (χ3n) is 3.04. The number of nitrogens with two attached hydrogens (primary N) is 1. The van der Waals surface area contributed by atoms with Crippen LogP contribution in [-0.2, 0) is 11.2 Å². The lowest BCUT2D eigenvalue weighted by Crippen LogP contribution is -2.45. The van der Waals surface area contributed by atoms with Crippen LogP contribution in [0.25, 0.3) is 0 Å². The minimum atomic E-state index is -0.373. The van der Waals surface area contributed by atoms with E-state index in [2.05, 4.69) is 12.2 Å². The number of benzene rings is 1. The molecular formula is C16H26N2O2. The lowest BCUT2D eigenvalue weighted by atomic mass is 9.97. The number of carbonyl (C=O) groups is 1. The Balaban J connectivity index is 2.47. The van der Waals surface area contributed by atoms with Crippen LogP contribution in [-0.4, -0.2) is 25.1 Å². The minimum absolute atomic E-state index is 0.0472. The van der Waals surface area contributed by atoms with E-state index in [1.807, 2.05) is 38.1 Å². The minimum Gasteiger partial charge on any atom is -0.496 e. The van der Waals surface area contributed by atoms with E-state index in [1.54, 1.807) is 7.11 Å². The fourth-order valence-corrected chi connectivity index (χ4v) is 2.03. The Morgan fingerprint density at radius 2 is 2.05 bits per heavy atom. The third kappa shape index (κ3) is 6.06. The number of ether oxygens (including phenoxy) is 1. The summed E-state index contributed by atoms with van der Waals surface area (Å²) in [5.74, 6) is 1.18. The SMILES string of the molecule is COc1ccccc1CC(C)CC(=O)NCC(C)(C)N. The maximum absolute atomic E-state index is 11.8. The first-order valence-corrected chi connectivity index (χ1v) is 6.99. The van der Waals surface area contributed by atoms with Crippen molar-refractivity contribution in [2.75, 3.05) is 13.7 Å². The predicted molar refractivity (Wildman–Crippen MR) is 81.8 cm³/mol. The quantitative estimate of drug-likeness (QED) is 0.803. The molecule has 0 spiro atoms. The van der Waals surface area contributed by atoms with Crippen molar-refractivity contribution in [3.05, 3.63) is 29.8 Å². The molecule has 1 aromatic rings. The molecule has 3 N–H and O–H groups in total. The van der Waals surface area contributed by atoms with Crippen molar-refractivity contribution in [1.29, 1.82) is 0 Å². The van der Waals surface area contributed by atoms with Gasteiger partial charge in [0, 0.05) is 18.5 Å². The summed E-state index contributed by atoms with van der Waals surface area (Å²) >= 11 is 0. The molecule has 1 rings (SSSR count). The van der Waals surface area contributed by atoms with Crippen molar-refractivity contribution in [3.8, 4) is 5.75 Å². The third-order valence-corrected chi connectivity index (χ3v) is 3.04. The van der Waals surface area contributed by atoms with Gasteiger partial charge in [-0.3, -0.25) is 4.79 Å². The van der Waals surface area contributed by atoms with Crippen LogP contribution in [0.5, 0.6) is 5.75 Å². The molecule has 0 bridgehead atoms.